The maximum absolute atomic E-state index is 12.2. The Morgan fingerprint density at radius 3 is 3.00 bits per heavy atom. The van der Waals surface area contributed by atoms with Crippen LogP contribution in [0.25, 0.3) is 0 Å². The predicted molar refractivity (Wildman–Crippen MR) is 91.0 cm³/mol. The van der Waals surface area contributed by atoms with Crippen LogP contribution in [-0.2, 0) is 13.0 Å². The van der Waals surface area contributed by atoms with Gasteiger partial charge in [0.1, 0.15) is 17.6 Å². The number of rotatable bonds is 6. The molecule has 130 valence electrons. The Bertz CT molecular complexity index is 639. The van der Waals surface area contributed by atoms with Crippen molar-refractivity contribution in [3.63, 3.8) is 0 Å². The number of nitrogens with zero attached hydrogens (tertiary/aromatic N) is 2. The van der Waals surface area contributed by atoms with Gasteiger partial charge in [0.05, 0.1) is 18.6 Å². The van der Waals surface area contributed by atoms with Crippen molar-refractivity contribution in [2.75, 3.05) is 20.2 Å². The average Bonchev–Trinajstić information content (AvgIpc) is 2.91. The van der Waals surface area contributed by atoms with E-state index in [0.29, 0.717) is 19.7 Å². The Labute approximate surface area is 143 Å². The van der Waals surface area contributed by atoms with Crippen LogP contribution in [0.4, 0.5) is 4.79 Å². The smallest absolute Gasteiger partial charge is 0.317 e. The highest BCUT2D eigenvalue weighted by molar-refractivity contribution is 5.74. The number of benzene rings is 1. The molecule has 6 nitrogen and oxygen atoms in total. The summed E-state index contributed by atoms with van der Waals surface area (Å²) in [5.74, 6) is 1.44. The quantitative estimate of drug-likeness (QED) is 0.870. The van der Waals surface area contributed by atoms with E-state index in [1.165, 1.54) is 4.90 Å². The molecule has 2 atom stereocenters. The van der Waals surface area contributed by atoms with Crippen LogP contribution < -0.4 is 14.8 Å². The third-order valence-corrected chi connectivity index (χ3v) is 3.92. The van der Waals surface area contributed by atoms with E-state index >= 15 is 0 Å². The zero-order valence-electron chi connectivity index (χ0n) is 14.8. The summed E-state index contributed by atoms with van der Waals surface area (Å²) in [6.45, 7) is 7.07. The molecule has 0 aliphatic carbocycles. The fraction of sp³-hybridized carbons (Fsp3) is 0.556. The first kappa shape index (κ1) is 17.9. The van der Waals surface area contributed by atoms with Crippen molar-refractivity contribution in [3.8, 4) is 17.6 Å². The van der Waals surface area contributed by atoms with Gasteiger partial charge >= 0.3 is 6.03 Å². The zero-order valence-corrected chi connectivity index (χ0v) is 14.8. The first-order valence-electron chi connectivity index (χ1n) is 8.28. The van der Waals surface area contributed by atoms with Crippen LogP contribution in [0.2, 0.25) is 0 Å². The predicted octanol–water partition coefficient (Wildman–Crippen LogP) is 2.71. The summed E-state index contributed by atoms with van der Waals surface area (Å²) in [6, 6.07) is 5.86. The summed E-state index contributed by atoms with van der Waals surface area (Å²) in [6.07, 6.45) is 1.04. The molecule has 6 heteroatoms. The molecule has 1 aromatic rings. The lowest BCUT2D eigenvalue weighted by Gasteiger charge is -2.20. The molecule has 0 spiro atoms. The SMILES string of the molecule is CCOc1cc2c(cc1CNC(=O)N(C)C[C@H](C)C#N)O[C@H](C)C2. The second kappa shape index (κ2) is 7.91. The van der Waals surface area contributed by atoms with E-state index in [-0.39, 0.29) is 18.1 Å². The number of hydrogen-bond donors (Lipinski definition) is 1. The van der Waals surface area contributed by atoms with Crippen LogP contribution in [-0.4, -0.2) is 37.2 Å². The van der Waals surface area contributed by atoms with Gasteiger partial charge in [0.15, 0.2) is 0 Å². The minimum Gasteiger partial charge on any atom is -0.494 e. The van der Waals surface area contributed by atoms with E-state index in [0.717, 1.165) is 29.0 Å². The van der Waals surface area contributed by atoms with Crippen molar-refractivity contribution in [2.24, 2.45) is 5.92 Å². The molecular weight excluding hydrogens is 306 g/mol. The lowest BCUT2D eigenvalue weighted by Crippen LogP contribution is -2.39. The number of hydrogen-bond acceptors (Lipinski definition) is 4. The van der Waals surface area contributed by atoms with Crippen molar-refractivity contribution >= 4 is 6.03 Å². The molecule has 0 saturated carbocycles. The number of urea groups is 1. The average molecular weight is 331 g/mol. The van der Waals surface area contributed by atoms with Gasteiger partial charge in [-0.15, -0.1) is 0 Å². The molecule has 24 heavy (non-hydrogen) atoms. The second-order valence-corrected chi connectivity index (χ2v) is 6.20. The molecule has 2 amide bonds. The summed E-state index contributed by atoms with van der Waals surface area (Å²) >= 11 is 0. The molecular formula is C18H25N3O3. The fourth-order valence-electron chi connectivity index (χ4n) is 2.75. The highest BCUT2D eigenvalue weighted by Crippen LogP contribution is 2.35. The lowest BCUT2D eigenvalue weighted by molar-refractivity contribution is 0.205. The summed E-state index contributed by atoms with van der Waals surface area (Å²) in [5.41, 5.74) is 2.03. The highest BCUT2D eigenvalue weighted by atomic mass is 16.5. The third-order valence-electron chi connectivity index (χ3n) is 3.92. The molecule has 1 heterocycles. The van der Waals surface area contributed by atoms with Crippen molar-refractivity contribution in [3.05, 3.63) is 23.3 Å². The summed E-state index contributed by atoms with van der Waals surface area (Å²) in [7, 11) is 1.68. The first-order valence-corrected chi connectivity index (χ1v) is 8.28. The maximum Gasteiger partial charge on any atom is 0.317 e. The van der Waals surface area contributed by atoms with Crippen molar-refractivity contribution in [1.82, 2.24) is 10.2 Å². The largest absolute Gasteiger partial charge is 0.494 e. The molecule has 1 N–H and O–H groups in total. The summed E-state index contributed by atoms with van der Waals surface area (Å²) < 4.78 is 11.5. The molecule has 1 aliphatic rings. The van der Waals surface area contributed by atoms with Crippen LogP contribution >= 0.6 is 0 Å². The Morgan fingerprint density at radius 1 is 1.58 bits per heavy atom. The standard InChI is InChI=1S/C18H25N3O3/c1-5-23-16-7-14-6-13(3)24-17(14)8-15(16)10-20-18(22)21(4)11-12(2)9-19/h7-8,12-13H,5-6,10-11H2,1-4H3,(H,20,22)/t12-,13-/m1/s1. The highest BCUT2D eigenvalue weighted by Gasteiger charge is 2.22. The molecule has 1 aliphatic heterocycles. The van der Waals surface area contributed by atoms with Crippen LogP contribution in [0.3, 0.4) is 0 Å². The van der Waals surface area contributed by atoms with E-state index in [9.17, 15) is 4.79 Å². The molecule has 0 saturated heterocycles. The maximum atomic E-state index is 12.2. The number of ether oxygens (including phenoxy) is 2. The van der Waals surface area contributed by atoms with E-state index in [1.807, 2.05) is 26.0 Å². The van der Waals surface area contributed by atoms with E-state index in [2.05, 4.69) is 11.4 Å². The summed E-state index contributed by atoms with van der Waals surface area (Å²) in [5, 5.41) is 11.7. The van der Waals surface area contributed by atoms with E-state index in [4.69, 9.17) is 14.7 Å². The number of carbonyl (C=O) groups is 1. The molecule has 0 unspecified atom stereocenters. The van der Waals surface area contributed by atoms with Crippen molar-refractivity contribution < 1.29 is 14.3 Å². The molecule has 0 aromatic heterocycles. The topological polar surface area (TPSA) is 74.6 Å². The third kappa shape index (κ3) is 4.31. The number of fused-ring (bicyclic) bond motifs is 1. The van der Waals surface area contributed by atoms with Crippen molar-refractivity contribution in [2.45, 2.75) is 39.8 Å². The van der Waals surface area contributed by atoms with Crippen LogP contribution in [0, 0.1) is 17.2 Å². The van der Waals surface area contributed by atoms with Crippen molar-refractivity contribution in [1.29, 1.82) is 5.26 Å². The van der Waals surface area contributed by atoms with E-state index < -0.39 is 0 Å². The van der Waals surface area contributed by atoms with Gasteiger partial charge in [-0.2, -0.15) is 5.26 Å². The Morgan fingerprint density at radius 2 is 2.33 bits per heavy atom. The molecule has 1 aromatic carbocycles. The Balaban J connectivity index is 2.05. The van der Waals surface area contributed by atoms with Gasteiger partial charge in [0, 0.05) is 37.7 Å². The zero-order chi connectivity index (χ0) is 17.7. The number of nitrogens with one attached hydrogen (secondary N) is 1. The number of amides is 2. The number of carbonyl (C=O) groups excluding carboxylic acids is 1. The van der Waals surface area contributed by atoms with Gasteiger partial charge in [0.25, 0.3) is 0 Å². The minimum absolute atomic E-state index is 0.165. The normalized spacial score (nSPS) is 16.5. The summed E-state index contributed by atoms with van der Waals surface area (Å²) in [4.78, 5) is 13.7. The van der Waals surface area contributed by atoms with Gasteiger partial charge in [-0.3, -0.25) is 0 Å². The first-order chi connectivity index (χ1) is 11.4. The number of nitriles is 1. The Kier molecular flexibility index (Phi) is 5.91. The minimum atomic E-state index is -0.214. The van der Waals surface area contributed by atoms with Crippen LogP contribution in [0.1, 0.15) is 31.9 Å². The van der Waals surface area contributed by atoms with Gasteiger partial charge < -0.3 is 19.7 Å². The monoisotopic (exact) mass is 331 g/mol. The van der Waals surface area contributed by atoms with Gasteiger partial charge in [0.2, 0.25) is 0 Å². The second-order valence-electron chi connectivity index (χ2n) is 6.20. The Hall–Kier alpha value is -2.42. The molecule has 2 rings (SSSR count). The van der Waals surface area contributed by atoms with Gasteiger partial charge in [-0.25, -0.2) is 4.79 Å². The fourth-order valence-corrected chi connectivity index (χ4v) is 2.75. The molecule has 0 bridgehead atoms. The van der Waals surface area contributed by atoms with E-state index in [1.54, 1.807) is 14.0 Å². The van der Waals surface area contributed by atoms with Crippen LogP contribution in [0.5, 0.6) is 11.5 Å². The van der Waals surface area contributed by atoms with Crippen LogP contribution in [0.15, 0.2) is 12.1 Å². The van der Waals surface area contributed by atoms with Gasteiger partial charge in [-0.05, 0) is 32.9 Å². The molecule has 0 fully saturated rings. The molecule has 0 radical (unpaired) electrons. The lowest BCUT2D eigenvalue weighted by atomic mass is 10.1. The van der Waals surface area contributed by atoms with Gasteiger partial charge in [-0.1, -0.05) is 0 Å².